The van der Waals surface area contributed by atoms with Gasteiger partial charge in [0.2, 0.25) is 0 Å². The Morgan fingerprint density at radius 1 is 1.21 bits per heavy atom. The van der Waals surface area contributed by atoms with Crippen LogP contribution in [0.15, 0.2) is 0 Å². The summed E-state index contributed by atoms with van der Waals surface area (Å²) >= 11 is 0. The molecule has 0 fully saturated rings. The molecule has 0 atom stereocenters. The van der Waals surface area contributed by atoms with Crippen LogP contribution in [-0.2, 0) is 9.59 Å². The maximum Gasteiger partial charge on any atom is 1.00 e. The maximum atomic E-state index is 9.64. The Morgan fingerprint density at radius 3 is 1.64 bits per heavy atom. The second kappa shape index (κ2) is 15.4. The normalized spacial score (nSPS) is 7.86. The van der Waals surface area contributed by atoms with Gasteiger partial charge in [-0.05, 0) is 6.54 Å². The molecule has 6 heteroatoms. The summed E-state index contributed by atoms with van der Waals surface area (Å²) in [6.45, 7) is 7.50. The SMILES string of the molecule is O=C(O)CCC(=O)O.[CH2-]CNCC.[Na+]. The topological polar surface area (TPSA) is 86.6 Å². The number of nitrogens with one attached hydrogen (secondary N) is 1. The zero-order valence-corrected chi connectivity index (χ0v) is 10.7. The van der Waals surface area contributed by atoms with Crippen LogP contribution in [0.3, 0.4) is 0 Å². The van der Waals surface area contributed by atoms with E-state index in [-0.39, 0.29) is 42.4 Å². The molecule has 78 valence electrons. The Morgan fingerprint density at radius 2 is 1.57 bits per heavy atom. The summed E-state index contributed by atoms with van der Waals surface area (Å²) in [5.41, 5.74) is 0. The molecule has 14 heavy (non-hydrogen) atoms. The standard InChI is InChI=1S/C4H10N.C4H6O4.Na/c1-3-5-4-2;5-3(6)1-2-4(7)8;/h5H,1,3-4H2,2H3;1-2H2,(H,5,6)(H,7,8);/q-1;;+1. The Balaban J connectivity index is -0.000000177. The van der Waals surface area contributed by atoms with Crippen LogP contribution >= 0.6 is 0 Å². The third-order valence-corrected chi connectivity index (χ3v) is 0.980. The van der Waals surface area contributed by atoms with Gasteiger partial charge in [0.05, 0.1) is 12.8 Å². The molecule has 0 saturated carbocycles. The number of hydrogen-bond donors (Lipinski definition) is 3. The summed E-state index contributed by atoms with van der Waals surface area (Å²) in [7, 11) is 0. The molecule has 0 radical (unpaired) electrons. The van der Waals surface area contributed by atoms with E-state index < -0.39 is 11.9 Å². The van der Waals surface area contributed by atoms with Gasteiger partial charge in [0.15, 0.2) is 0 Å². The Labute approximate surface area is 106 Å². The molecule has 0 heterocycles. The first-order valence-electron chi connectivity index (χ1n) is 3.98. The summed E-state index contributed by atoms with van der Waals surface area (Å²) in [6.07, 6.45) is -0.593. The zero-order valence-electron chi connectivity index (χ0n) is 8.75. The van der Waals surface area contributed by atoms with Crippen LogP contribution in [0.4, 0.5) is 0 Å². The van der Waals surface area contributed by atoms with Gasteiger partial charge in [-0.15, -0.1) is 6.54 Å². The van der Waals surface area contributed by atoms with E-state index in [1.807, 2.05) is 0 Å². The van der Waals surface area contributed by atoms with Crippen molar-refractivity contribution in [2.45, 2.75) is 19.8 Å². The van der Waals surface area contributed by atoms with Crippen molar-refractivity contribution < 1.29 is 49.4 Å². The molecule has 0 aliphatic rings. The van der Waals surface area contributed by atoms with Crippen LogP contribution < -0.4 is 34.9 Å². The molecule has 0 aromatic rings. The molecule has 0 unspecified atom stereocenters. The minimum absolute atomic E-state index is 0. The monoisotopic (exact) mass is 213 g/mol. The molecular weight excluding hydrogens is 197 g/mol. The summed E-state index contributed by atoms with van der Waals surface area (Å²) in [5.74, 6) is -2.15. The number of rotatable bonds is 5. The predicted molar refractivity (Wildman–Crippen MR) is 48.4 cm³/mol. The number of hydrogen-bond acceptors (Lipinski definition) is 3. The summed E-state index contributed by atoms with van der Waals surface area (Å²) in [5, 5.41) is 18.8. The molecular formula is C8H16NNaO4. The van der Waals surface area contributed by atoms with Gasteiger partial charge in [-0.3, -0.25) is 9.59 Å². The average molecular weight is 213 g/mol. The van der Waals surface area contributed by atoms with Gasteiger partial charge in [-0.2, -0.15) is 0 Å². The molecule has 0 aliphatic carbocycles. The van der Waals surface area contributed by atoms with E-state index >= 15 is 0 Å². The number of carboxylic acid groups (broad SMARTS) is 2. The van der Waals surface area contributed by atoms with Crippen molar-refractivity contribution in [3.63, 3.8) is 0 Å². The van der Waals surface area contributed by atoms with Crippen molar-refractivity contribution in [1.82, 2.24) is 5.32 Å². The van der Waals surface area contributed by atoms with E-state index in [9.17, 15) is 9.59 Å². The van der Waals surface area contributed by atoms with E-state index in [0.717, 1.165) is 13.1 Å². The number of aliphatic carboxylic acids is 2. The van der Waals surface area contributed by atoms with E-state index in [4.69, 9.17) is 10.2 Å². The predicted octanol–water partition coefficient (Wildman–Crippen LogP) is -2.63. The van der Waals surface area contributed by atoms with Gasteiger partial charge >= 0.3 is 41.5 Å². The Bertz CT molecular complexity index is 136. The van der Waals surface area contributed by atoms with Crippen molar-refractivity contribution in [2.75, 3.05) is 13.1 Å². The molecule has 0 aliphatic heterocycles. The van der Waals surface area contributed by atoms with Crippen molar-refractivity contribution >= 4 is 11.9 Å². The summed E-state index contributed by atoms with van der Waals surface area (Å²) < 4.78 is 0. The van der Waals surface area contributed by atoms with Gasteiger partial charge in [0.25, 0.3) is 0 Å². The Kier molecular flexibility index (Phi) is 21.4. The average Bonchev–Trinajstić information content (AvgIpc) is 2.03. The molecule has 5 nitrogen and oxygen atoms in total. The van der Waals surface area contributed by atoms with Crippen molar-refractivity contribution in [3.05, 3.63) is 6.92 Å². The largest absolute Gasteiger partial charge is 1.00 e. The molecule has 0 aromatic heterocycles. The van der Waals surface area contributed by atoms with E-state index in [2.05, 4.69) is 19.2 Å². The maximum absolute atomic E-state index is 9.64. The number of carbonyl (C=O) groups is 2. The quantitative estimate of drug-likeness (QED) is 0.343. The van der Waals surface area contributed by atoms with Crippen LogP contribution in [0.5, 0.6) is 0 Å². The summed E-state index contributed by atoms with van der Waals surface area (Å²) in [4.78, 5) is 19.3. The Hall–Kier alpha value is -0.100. The van der Waals surface area contributed by atoms with Crippen LogP contribution in [0.1, 0.15) is 19.8 Å². The third-order valence-electron chi connectivity index (χ3n) is 0.980. The second-order valence-corrected chi connectivity index (χ2v) is 2.14. The van der Waals surface area contributed by atoms with Gasteiger partial charge in [0, 0.05) is 0 Å². The van der Waals surface area contributed by atoms with E-state index in [1.165, 1.54) is 0 Å². The minimum atomic E-state index is -1.08. The fourth-order valence-corrected chi connectivity index (χ4v) is 0.391. The fraction of sp³-hybridized carbons (Fsp3) is 0.625. The van der Waals surface area contributed by atoms with Gasteiger partial charge in [0.1, 0.15) is 0 Å². The van der Waals surface area contributed by atoms with Crippen LogP contribution in [0, 0.1) is 6.92 Å². The first kappa shape index (κ1) is 19.5. The smallest absolute Gasteiger partial charge is 0.481 e. The number of carboxylic acids is 2. The van der Waals surface area contributed by atoms with Crippen molar-refractivity contribution in [1.29, 1.82) is 0 Å². The second-order valence-electron chi connectivity index (χ2n) is 2.14. The molecule has 0 rings (SSSR count). The van der Waals surface area contributed by atoms with Gasteiger partial charge < -0.3 is 22.5 Å². The van der Waals surface area contributed by atoms with Gasteiger partial charge in [-0.1, -0.05) is 6.92 Å². The molecule has 0 spiro atoms. The third kappa shape index (κ3) is 29.7. The molecule has 0 amide bonds. The molecule has 0 aromatic carbocycles. The van der Waals surface area contributed by atoms with Crippen LogP contribution in [0.25, 0.3) is 0 Å². The first-order chi connectivity index (χ1) is 6.04. The van der Waals surface area contributed by atoms with E-state index in [0.29, 0.717) is 0 Å². The van der Waals surface area contributed by atoms with Crippen LogP contribution in [0.2, 0.25) is 0 Å². The fourth-order valence-electron chi connectivity index (χ4n) is 0.391. The van der Waals surface area contributed by atoms with Crippen LogP contribution in [-0.4, -0.2) is 35.2 Å². The van der Waals surface area contributed by atoms with Crippen molar-refractivity contribution in [3.8, 4) is 0 Å². The van der Waals surface area contributed by atoms with Gasteiger partial charge in [-0.25, -0.2) is 0 Å². The zero-order chi connectivity index (χ0) is 10.7. The van der Waals surface area contributed by atoms with E-state index in [1.54, 1.807) is 0 Å². The summed E-state index contributed by atoms with van der Waals surface area (Å²) in [6, 6.07) is 0. The molecule has 0 saturated heterocycles. The molecule has 3 N–H and O–H groups in total. The minimum Gasteiger partial charge on any atom is -0.481 e. The molecule has 0 bridgehead atoms. The first-order valence-corrected chi connectivity index (χ1v) is 3.98. The van der Waals surface area contributed by atoms with Crippen molar-refractivity contribution in [2.24, 2.45) is 0 Å².